The number of rotatable bonds is 8. The predicted octanol–water partition coefficient (Wildman–Crippen LogP) is 2.73. The number of ether oxygens (including phenoxy) is 1. The zero-order valence-electron chi connectivity index (χ0n) is 13.7. The molecule has 122 valence electrons. The Morgan fingerprint density at radius 1 is 1.18 bits per heavy atom. The maximum atomic E-state index is 12.3. The largest absolute Gasteiger partial charge is 0.482 e. The number of carboxylic acids is 1. The highest BCUT2D eigenvalue weighted by Gasteiger charge is 2.19. The molecule has 1 rings (SSSR count). The monoisotopic (exact) mass is 307 g/mol. The molecule has 0 heterocycles. The lowest BCUT2D eigenvalue weighted by atomic mass is 10.1. The molecule has 0 saturated carbocycles. The van der Waals surface area contributed by atoms with E-state index in [1.54, 1.807) is 18.2 Å². The van der Waals surface area contributed by atoms with Crippen LogP contribution >= 0.6 is 0 Å². The first-order chi connectivity index (χ1) is 10.3. The molecule has 0 unspecified atom stereocenters. The summed E-state index contributed by atoms with van der Waals surface area (Å²) in [5.74, 6) is -0.371. The van der Waals surface area contributed by atoms with E-state index in [4.69, 9.17) is 9.84 Å². The molecule has 22 heavy (non-hydrogen) atoms. The summed E-state index contributed by atoms with van der Waals surface area (Å²) >= 11 is 0. The van der Waals surface area contributed by atoms with Gasteiger partial charge in [-0.3, -0.25) is 4.79 Å². The first-order valence-electron chi connectivity index (χ1n) is 7.56. The molecule has 5 nitrogen and oxygen atoms in total. The molecule has 1 aromatic carbocycles. The third-order valence-corrected chi connectivity index (χ3v) is 3.29. The van der Waals surface area contributed by atoms with Gasteiger partial charge in [0.05, 0.1) is 0 Å². The van der Waals surface area contributed by atoms with Crippen LogP contribution < -0.4 is 4.74 Å². The number of aryl methyl sites for hydroxylation is 1. The fraction of sp³-hybridized carbons (Fsp3) is 0.529. The molecule has 1 amide bonds. The summed E-state index contributed by atoms with van der Waals surface area (Å²) in [7, 11) is 0. The van der Waals surface area contributed by atoms with Crippen LogP contribution in [0.25, 0.3) is 0 Å². The Bertz CT molecular complexity index is 503. The molecule has 0 aliphatic carbocycles. The van der Waals surface area contributed by atoms with Crippen LogP contribution in [0.2, 0.25) is 0 Å². The Labute approximate surface area is 131 Å². The second-order valence-corrected chi connectivity index (χ2v) is 5.82. The molecule has 0 aliphatic heterocycles. The summed E-state index contributed by atoms with van der Waals surface area (Å²) in [6, 6.07) is 7.57. The van der Waals surface area contributed by atoms with Gasteiger partial charge in [0.2, 0.25) is 5.91 Å². The minimum Gasteiger partial charge on any atom is -0.482 e. The Hall–Kier alpha value is -2.04. The zero-order valence-corrected chi connectivity index (χ0v) is 13.7. The summed E-state index contributed by atoms with van der Waals surface area (Å²) in [6.07, 6.45) is 1.04. The van der Waals surface area contributed by atoms with Crippen molar-refractivity contribution in [3.63, 3.8) is 0 Å². The first-order valence-corrected chi connectivity index (χ1v) is 7.56. The van der Waals surface area contributed by atoms with Crippen LogP contribution in [-0.4, -0.2) is 40.6 Å². The highest BCUT2D eigenvalue weighted by Crippen LogP contribution is 2.16. The Balaban J connectivity index is 2.62. The van der Waals surface area contributed by atoms with Gasteiger partial charge in [0, 0.05) is 18.5 Å². The fourth-order valence-corrected chi connectivity index (χ4v) is 2.49. The summed E-state index contributed by atoms with van der Waals surface area (Å²) in [6.45, 7) is 7.68. The van der Waals surface area contributed by atoms with Gasteiger partial charge < -0.3 is 14.7 Å². The second-order valence-electron chi connectivity index (χ2n) is 5.82. The molecular weight excluding hydrogens is 282 g/mol. The number of carbonyl (C=O) groups is 2. The van der Waals surface area contributed by atoms with E-state index in [1.807, 2.05) is 38.7 Å². The SMILES string of the molecule is CC(C)N(C(=O)CCc1cccc(OCC(=O)O)c1)C(C)C. The lowest BCUT2D eigenvalue weighted by molar-refractivity contribution is -0.139. The molecule has 0 atom stereocenters. The van der Waals surface area contributed by atoms with Crippen LogP contribution in [0.5, 0.6) is 5.75 Å². The smallest absolute Gasteiger partial charge is 0.341 e. The molecule has 0 fully saturated rings. The van der Waals surface area contributed by atoms with Gasteiger partial charge in [-0.15, -0.1) is 0 Å². The van der Waals surface area contributed by atoms with Gasteiger partial charge in [-0.05, 0) is 51.8 Å². The normalized spacial score (nSPS) is 10.8. The van der Waals surface area contributed by atoms with Gasteiger partial charge in [0.1, 0.15) is 5.75 Å². The van der Waals surface area contributed by atoms with Crippen LogP contribution in [0.4, 0.5) is 0 Å². The van der Waals surface area contributed by atoms with Crippen LogP contribution in [0, 0.1) is 0 Å². The average molecular weight is 307 g/mol. The van der Waals surface area contributed by atoms with E-state index in [0.29, 0.717) is 18.6 Å². The van der Waals surface area contributed by atoms with Gasteiger partial charge in [-0.25, -0.2) is 4.79 Å². The lowest BCUT2D eigenvalue weighted by Gasteiger charge is -2.30. The molecule has 0 aliphatic rings. The molecule has 0 saturated heterocycles. The van der Waals surface area contributed by atoms with Crippen molar-refractivity contribution < 1.29 is 19.4 Å². The quantitative estimate of drug-likeness (QED) is 0.802. The van der Waals surface area contributed by atoms with E-state index in [1.165, 1.54) is 0 Å². The Morgan fingerprint density at radius 2 is 1.82 bits per heavy atom. The topological polar surface area (TPSA) is 66.8 Å². The number of amides is 1. The molecule has 0 bridgehead atoms. The molecule has 0 aromatic heterocycles. The van der Waals surface area contributed by atoms with Crippen LogP contribution in [-0.2, 0) is 16.0 Å². The van der Waals surface area contributed by atoms with E-state index >= 15 is 0 Å². The summed E-state index contributed by atoms with van der Waals surface area (Å²) in [5.41, 5.74) is 0.962. The van der Waals surface area contributed by atoms with Crippen LogP contribution in [0.15, 0.2) is 24.3 Å². The average Bonchev–Trinajstić information content (AvgIpc) is 2.42. The molecular formula is C17H25NO4. The molecule has 1 N–H and O–H groups in total. The predicted molar refractivity (Wildman–Crippen MR) is 85.0 cm³/mol. The van der Waals surface area contributed by atoms with Crippen LogP contribution in [0.1, 0.15) is 39.7 Å². The van der Waals surface area contributed by atoms with Gasteiger partial charge in [-0.2, -0.15) is 0 Å². The van der Waals surface area contributed by atoms with E-state index < -0.39 is 5.97 Å². The summed E-state index contributed by atoms with van der Waals surface area (Å²) in [5, 5.41) is 8.61. The van der Waals surface area contributed by atoms with Crippen molar-refractivity contribution in [2.45, 2.75) is 52.6 Å². The maximum Gasteiger partial charge on any atom is 0.341 e. The van der Waals surface area contributed by atoms with Crippen molar-refractivity contribution in [1.82, 2.24) is 4.90 Å². The van der Waals surface area contributed by atoms with Crippen LogP contribution in [0.3, 0.4) is 0 Å². The minimum atomic E-state index is -1.01. The highest BCUT2D eigenvalue weighted by molar-refractivity contribution is 5.77. The maximum absolute atomic E-state index is 12.3. The van der Waals surface area contributed by atoms with E-state index in [2.05, 4.69) is 0 Å². The number of benzene rings is 1. The van der Waals surface area contributed by atoms with Crippen molar-refractivity contribution in [3.8, 4) is 5.75 Å². The van der Waals surface area contributed by atoms with Crippen molar-refractivity contribution in [3.05, 3.63) is 29.8 Å². The third-order valence-electron chi connectivity index (χ3n) is 3.29. The number of hydrogen-bond acceptors (Lipinski definition) is 3. The number of nitrogens with zero attached hydrogens (tertiary/aromatic N) is 1. The van der Waals surface area contributed by atoms with E-state index in [-0.39, 0.29) is 24.6 Å². The zero-order chi connectivity index (χ0) is 16.7. The van der Waals surface area contributed by atoms with E-state index in [9.17, 15) is 9.59 Å². The highest BCUT2D eigenvalue weighted by atomic mass is 16.5. The molecule has 1 aromatic rings. The Morgan fingerprint density at radius 3 is 2.36 bits per heavy atom. The van der Waals surface area contributed by atoms with Crippen molar-refractivity contribution >= 4 is 11.9 Å². The molecule has 0 spiro atoms. The van der Waals surface area contributed by atoms with Crippen molar-refractivity contribution in [2.75, 3.05) is 6.61 Å². The van der Waals surface area contributed by atoms with Gasteiger partial charge in [0.15, 0.2) is 6.61 Å². The number of carboxylic acid groups (broad SMARTS) is 1. The summed E-state index contributed by atoms with van der Waals surface area (Å²) < 4.78 is 5.14. The number of hydrogen-bond donors (Lipinski definition) is 1. The fourth-order valence-electron chi connectivity index (χ4n) is 2.49. The van der Waals surface area contributed by atoms with Crippen molar-refractivity contribution in [1.29, 1.82) is 0 Å². The van der Waals surface area contributed by atoms with E-state index in [0.717, 1.165) is 5.56 Å². The molecule has 5 heteroatoms. The minimum absolute atomic E-state index is 0.127. The van der Waals surface area contributed by atoms with Gasteiger partial charge >= 0.3 is 5.97 Å². The standard InChI is InChI=1S/C17H25NO4/c1-12(2)18(13(3)4)16(19)9-8-14-6-5-7-15(10-14)22-11-17(20)21/h5-7,10,12-13H,8-9,11H2,1-4H3,(H,20,21). The second kappa shape index (κ2) is 8.41. The molecule has 0 radical (unpaired) electrons. The van der Waals surface area contributed by atoms with Gasteiger partial charge in [0.25, 0.3) is 0 Å². The van der Waals surface area contributed by atoms with Crippen molar-refractivity contribution in [2.24, 2.45) is 0 Å². The Kier molecular flexibility index (Phi) is 6.89. The third kappa shape index (κ3) is 5.76. The van der Waals surface area contributed by atoms with Gasteiger partial charge in [-0.1, -0.05) is 12.1 Å². The number of aliphatic carboxylic acids is 1. The summed E-state index contributed by atoms with van der Waals surface area (Å²) in [4.78, 5) is 24.7. The lowest BCUT2D eigenvalue weighted by Crippen LogP contribution is -2.42. The number of carbonyl (C=O) groups excluding carboxylic acids is 1. The first kappa shape index (κ1) is 18.0.